The van der Waals surface area contributed by atoms with Crippen molar-refractivity contribution < 1.29 is 24.1 Å². The molecule has 2 aliphatic heterocycles. The van der Waals surface area contributed by atoms with E-state index >= 15 is 0 Å². The van der Waals surface area contributed by atoms with Crippen molar-refractivity contribution in [2.45, 2.75) is 18.0 Å². The van der Waals surface area contributed by atoms with E-state index in [4.69, 9.17) is 18.9 Å². The Morgan fingerprint density at radius 2 is 1.38 bits per heavy atom. The number of ether oxygens (including phenoxy) is 4. The van der Waals surface area contributed by atoms with Gasteiger partial charge in [-0.1, -0.05) is 36.4 Å². The minimum absolute atomic E-state index is 0.0513. The predicted octanol–water partition coefficient (Wildman–Crippen LogP) is 2.49. The summed E-state index contributed by atoms with van der Waals surface area (Å²) in [7, 11) is 3.29. The molecule has 0 aliphatic carbocycles. The molecule has 0 amide bonds. The van der Waals surface area contributed by atoms with Crippen LogP contribution in [0.2, 0.25) is 0 Å². The van der Waals surface area contributed by atoms with Crippen LogP contribution in [0.5, 0.6) is 11.5 Å². The highest BCUT2D eigenvalue weighted by Gasteiger charge is 2.57. The fraction of sp³-hybridized carbons (Fsp3) is 0.400. The molecule has 6 heteroatoms. The van der Waals surface area contributed by atoms with Crippen molar-refractivity contribution in [3.05, 3.63) is 59.7 Å². The molecule has 2 aliphatic rings. The van der Waals surface area contributed by atoms with E-state index in [1.807, 2.05) is 48.5 Å². The molecule has 2 fully saturated rings. The molecule has 0 radical (unpaired) electrons. The Labute approximate surface area is 152 Å². The first kappa shape index (κ1) is 17.3. The second-order valence-corrected chi connectivity index (χ2v) is 6.60. The van der Waals surface area contributed by atoms with Gasteiger partial charge in [0.25, 0.3) is 0 Å². The Bertz CT molecular complexity index is 721. The van der Waals surface area contributed by atoms with Crippen LogP contribution in [-0.2, 0) is 9.47 Å². The van der Waals surface area contributed by atoms with Gasteiger partial charge in [0.05, 0.1) is 39.6 Å². The minimum Gasteiger partial charge on any atom is -0.496 e. The second kappa shape index (κ2) is 6.89. The third-order valence-electron chi connectivity index (χ3n) is 5.18. The number of hydrogen-bond donors (Lipinski definition) is 1. The summed E-state index contributed by atoms with van der Waals surface area (Å²) in [6.07, 6.45) is -0.758. The highest BCUT2D eigenvalue weighted by molar-refractivity contribution is 5.39. The standard InChI is InChI=1S/C20H23NO5/c1-23-16-9-5-3-7-14(16)18-21-19(15-8-4-6-10-17(15)24-2)26-13-20(21,11-22)12-25-18/h3-10,18-19,22H,11-13H2,1-2H3. The summed E-state index contributed by atoms with van der Waals surface area (Å²) < 4.78 is 23.3. The molecule has 0 spiro atoms. The molecular weight excluding hydrogens is 334 g/mol. The van der Waals surface area contributed by atoms with Crippen molar-refractivity contribution in [1.29, 1.82) is 0 Å². The van der Waals surface area contributed by atoms with E-state index in [-0.39, 0.29) is 19.1 Å². The fourth-order valence-electron chi connectivity index (χ4n) is 3.83. The monoisotopic (exact) mass is 357 g/mol. The number of fused-ring (bicyclic) bond motifs is 1. The van der Waals surface area contributed by atoms with E-state index in [0.717, 1.165) is 22.6 Å². The Morgan fingerprint density at radius 1 is 0.923 bits per heavy atom. The zero-order valence-corrected chi connectivity index (χ0v) is 14.9. The number of rotatable bonds is 5. The molecule has 1 N–H and O–H groups in total. The first-order chi connectivity index (χ1) is 12.7. The quantitative estimate of drug-likeness (QED) is 0.887. The molecule has 0 aromatic heterocycles. The SMILES string of the molecule is COc1ccccc1C1OCC2(CO)COC(c3ccccc3OC)N12. The fourth-order valence-corrected chi connectivity index (χ4v) is 3.83. The molecular formula is C20H23NO5. The van der Waals surface area contributed by atoms with E-state index in [0.29, 0.717) is 13.2 Å². The van der Waals surface area contributed by atoms with Crippen LogP contribution in [0.3, 0.4) is 0 Å². The summed E-state index contributed by atoms with van der Waals surface area (Å²) in [6, 6.07) is 15.5. The van der Waals surface area contributed by atoms with Gasteiger partial charge in [-0.15, -0.1) is 0 Å². The van der Waals surface area contributed by atoms with Gasteiger partial charge in [0.1, 0.15) is 24.0 Å². The van der Waals surface area contributed by atoms with Crippen LogP contribution in [0.1, 0.15) is 23.6 Å². The molecule has 2 saturated heterocycles. The van der Waals surface area contributed by atoms with Gasteiger partial charge in [-0.25, -0.2) is 4.90 Å². The van der Waals surface area contributed by atoms with Gasteiger partial charge in [-0.2, -0.15) is 0 Å². The summed E-state index contributed by atoms with van der Waals surface area (Å²) in [5.74, 6) is 1.49. The Balaban J connectivity index is 1.79. The van der Waals surface area contributed by atoms with Gasteiger partial charge in [0, 0.05) is 11.1 Å². The highest BCUT2D eigenvalue weighted by atomic mass is 16.6. The van der Waals surface area contributed by atoms with E-state index in [1.165, 1.54) is 0 Å². The van der Waals surface area contributed by atoms with E-state index < -0.39 is 5.54 Å². The van der Waals surface area contributed by atoms with Crippen LogP contribution in [0.4, 0.5) is 0 Å². The summed E-state index contributed by atoms with van der Waals surface area (Å²) in [6.45, 7) is 0.722. The van der Waals surface area contributed by atoms with Gasteiger partial charge >= 0.3 is 0 Å². The topological polar surface area (TPSA) is 60.4 Å². The minimum atomic E-state index is -0.586. The van der Waals surface area contributed by atoms with Crippen molar-refractivity contribution in [3.63, 3.8) is 0 Å². The lowest BCUT2D eigenvalue weighted by atomic mass is 10.0. The normalized spacial score (nSPS) is 28.1. The van der Waals surface area contributed by atoms with E-state index in [1.54, 1.807) is 14.2 Å². The molecule has 2 aromatic carbocycles. The maximum Gasteiger partial charge on any atom is 0.143 e. The van der Waals surface area contributed by atoms with Gasteiger partial charge in [0.2, 0.25) is 0 Å². The molecule has 0 saturated carbocycles. The zero-order chi connectivity index (χ0) is 18.1. The van der Waals surface area contributed by atoms with Crippen molar-refractivity contribution in [1.82, 2.24) is 4.90 Å². The van der Waals surface area contributed by atoms with Gasteiger partial charge in [-0.3, -0.25) is 0 Å². The lowest BCUT2D eigenvalue weighted by Crippen LogP contribution is -2.47. The first-order valence-electron chi connectivity index (χ1n) is 8.62. The zero-order valence-electron chi connectivity index (χ0n) is 14.9. The second-order valence-electron chi connectivity index (χ2n) is 6.60. The van der Waals surface area contributed by atoms with Gasteiger partial charge in [-0.05, 0) is 12.1 Å². The van der Waals surface area contributed by atoms with Crippen LogP contribution in [0, 0.1) is 0 Å². The Morgan fingerprint density at radius 3 is 1.81 bits per heavy atom. The molecule has 138 valence electrons. The highest BCUT2D eigenvalue weighted by Crippen LogP contribution is 2.51. The molecule has 2 unspecified atom stereocenters. The number of benzene rings is 2. The average molecular weight is 357 g/mol. The molecule has 6 nitrogen and oxygen atoms in total. The lowest BCUT2D eigenvalue weighted by molar-refractivity contribution is -0.0645. The largest absolute Gasteiger partial charge is 0.496 e. The molecule has 0 bridgehead atoms. The van der Waals surface area contributed by atoms with Crippen LogP contribution in [-0.4, -0.2) is 49.6 Å². The van der Waals surface area contributed by atoms with E-state index in [9.17, 15) is 5.11 Å². The summed E-state index contributed by atoms with van der Waals surface area (Å²) in [5.41, 5.74) is 1.24. The smallest absolute Gasteiger partial charge is 0.143 e. The maximum atomic E-state index is 10.1. The van der Waals surface area contributed by atoms with Crippen LogP contribution >= 0.6 is 0 Å². The predicted molar refractivity (Wildman–Crippen MR) is 95.0 cm³/mol. The molecule has 2 aromatic rings. The van der Waals surface area contributed by atoms with Crippen LogP contribution < -0.4 is 9.47 Å². The Kier molecular flexibility index (Phi) is 4.58. The van der Waals surface area contributed by atoms with Crippen LogP contribution in [0.25, 0.3) is 0 Å². The molecule has 26 heavy (non-hydrogen) atoms. The third kappa shape index (κ3) is 2.57. The first-order valence-corrected chi connectivity index (χ1v) is 8.62. The van der Waals surface area contributed by atoms with Gasteiger partial charge in [0.15, 0.2) is 0 Å². The van der Waals surface area contributed by atoms with Crippen molar-refractivity contribution in [2.24, 2.45) is 0 Å². The average Bonchev–Trinajstić information content (AvgIpc) is 3.25. The molecule has 4 rings (SSSR count). The Hall–Kier alpha value is -2.12. The number of aliphatic hydroxyl groups excluding tert-OH is 1. The van der Waals surface area contributed by atoms with E-state index in [2.05, 4.69) is 4.90 Å². The number of aliphatic hydroxyl groups is 1. The summed E-state index contributed by atoms with van der Waals surface area (Å²) in [5, 5.41) is 10.1. The number of methoxy groups -OCH3 is 2. The summed E-state index contributed by atoms with van der Waals surface area (Å²) >= 11 is 0. The maximum absolute atomic E-state index is 10.1. The number of nitrogens with zero attached hydrogens (tertiary/aromatic N) is 1. The summed E-state index contributed by atoms with van der Waals surface area (Å²) in [4.78, 5) is 2.10. The van der Waals surface area contributed by atoms with Crippen molar-refractivity contribution >= 4 is 0 Å². The number of hydrogen-bond acceptors (Lipinski definition) is 6. The van der Waals surface area contributed by atoms with Crippen LogP contribution in [0.15, 0.2) is 48.5 Å². The molecule has 2 atom stereocenters. The lowest BCUT2D eigenvalue weighted by Gasteiger charge is -2.33. The van der Waals surface area contributed by atoms with Gasteiger partial charge < -0.3 is 24.1 Å². The molecule has 2 heterocycles. The van der Waals surface area contributed by atoms with Crippen molar-refractivity contribution in [3.8, 4) is 11.5 Å². The number of para-hydroxylation sites is 2. The third-order valence-corrected chi connectivity index (χ3v) is 5.18. The van der Waals surface area contributed by atoms with Crippen molar-refractivity contribution in [2.75, 3.05) is 34.0 Å².